The van der Waals surface area contributed by atoms with Crippen molar-refractivity contribution >= 4 is 32.6 Å². The zero-order chi connectivity index (χ0) is 20.9. The molecule has 1 aromatic heterocycles. The number of carbonyl (C=O) groups is 1. The summed E-state index contributed by atoms with van der Waals surface area (Å²) in [5, 5.41) is 0.644. The SMILES string of the molecule is CCOc1cccc2sc(N(CC3CCCO3)C(=O)COc3ccc(C)cc3)nc12. The summed E-state index contributed by atoms with van der Waals surface area (Å²) < 4.78 is 18.2. The van der Waals surface area contributed by atoms with E-state index in [1.165, 1.54) is 11.3 Å². The summed E-state index contributed by atoms with van der Waals surface area (Å²) in [4.78, 5) is 19.6. The number of hydrogen-bond donors (Lipinski definition) is 0. The van der Waals surface area contributed by atoms with Crippen molar-refractivity contribution < 1.29 is 19.0 Å². The van der Waals surface area contributed by atoms with Crippen LogP contribution in [0.3, 0.4) is 0 Å². The second kappa shape index (κ2) is 9.45. The molecule has 158 valence electrons. The van der Waals surface area contributed by atoms with E-state index in [4.69, 9.17) is 19.2 Å². The van der Waals surface area contributed by atoms with Crippen molar-refractivity contribution in [2.45, 2.75) is 32.8 Å². The van der Waals surface area contributed by atoms with E-state index in [-0.39, 0.29) is 18.6 Å². The third kappa shape index (κ3) is 4.74. The minimum absolute atomic E-state index is 0.0201. The van der Waals surface area contributed by atoms with Crippen molar-refractivity contribution in [1.82, 2.24) is 4.98 Å². The number of aromatic nitrogens is 1. The van der Waals surface area contributed by atoms with Crippen molar-refractivity contribution in [3.05, 3.63) is 48.0 Å². The molecule has 2 heterocycles. The highest BCUT2D eigenvalue weighted by molar-refractivity contribution is 7.22. The summed E-state index contributed by atoms with van der Waals surface area (Å²) in [5.41, 5.74) is 1.93. The highest BCUT2D eigenvalue weighted by atomic mass is 32.1. The van der Waals surface area contributed by atoms with Gasteiger partial charge in [-0.3, -0.25) is 9.69 Å². The Kier molecular flexibility index (Phi) is 6.50. The lowest BCUT2D eigenvalue weighted by molar-refractivity contribution is -0.120. The van der Waals surface area contributed by atoms with Gasteiger partial charge in [0.15, 0.2) is 11.7 Å². The number of amides is 1. The first-order valence-electron chi connectivity index (χ1n) is 10.3. The molecule has 1 saturated heterocycles. The van der Waals surface area contributed by atoms with E-state index >= 15 is 0 Å². The van der Waals surface area contributed by atoms with E-state index in [0.29, 0.717) is 24.0 Å². The highest BCUT2D eigenvalue weighted by Gasteiger charge is 2.27. The maximum Gasteiger partial charge on any atom is 0.266 e. The van der Waals surface area contributed by atoms with Gasteiger partial charge < -0.3 is 14.2 Å². The van der Waals surface area contributed by atoms with Gasteiger partial charge in [0.2, 0.25) is 0 Å². The van der Waals surface area contributed by atoms with Crippen LogP contribution in [-0.4, -0.2) is 43.4 Å². The van der Waals surface area contributed by atoms with Crippen LogP contribution < -0.4 is 14.4 Å². The lowest BCUT2D eigenvalue weighted by Crippen LogP contribution is -2.40. The fourth-order valence-electron chi connectivity index (χ4n) is 3.44. The minimum atomic E-state index is -0.136. The first kappa shape index (κ1) is 20.6. The number of ether oxygens (including phenoxy) is 3. The molecule has 0 bridgehead atoms. The molecule has 4 rings (SSSR count). The Balaban J connectivity index is 1.57. The molecule has 1 amide bonds. The molecule has 1 aliphatic rings. The largest absolute Gasteiger partial charge is 0.492 e. The van der Waals surface area contributed by atoms with Gasteiger partial charge in [-0.1, -0.05) is 35.1 Å². The van der Waals surface area contributed by atoms with Crippen molar-refractivity contribution in [2.75, 3.05) is 31.3 Å². The molecule has 1 atom stereocenters. The Bertz CT molecular complexity index is 996. The molecule has 0 N–H and O–H groups in total. The van der Waals surface area contributed by atoms with Crippen molar-refractivity contribution in [3.8, 4) is 11.5 Å². The van der Waals surface area contributed by atoms with E-state index in [9.17, 15) is 4.79 Å². The average molecular weight is 427 g/mol. The van der Waals surface area contributed by atoms with Gasteiger partial charge in [0, 0.05) is 6.61 Å². The molecule has 6 nitrogen and oxygen atoms in total. The van der Waals surface area contributed by atoms with Crippen LogP contribution >= 0.6 is 11.3 Å². The third-order valence-electron chi connectivity index (χ3n) is 5.00. The second-order valence-corrected chi connectivity index (χ2v) is 8.28. The van der Waals surface area contributed by atoms with Gasteiger partial charge in [-0.25, -0.2) is 4.98 Å². The number of rotatable bonds is 8. The lowest BCUT2D eigenvalue weighted by atomic mass is 10.2. The van der Waals surface area contributed by atoms with Gasteiger partial charge in [0.1, 0.15) is 17.0 Å². The van der Waals surface area contributed by atoms with E-state index in [0.717, 1.165) is 41.0 Å². The highest BCUT2D eigenvalue weighted by Crippen LogP contribution is 2.35. The molecule has 2 aromatic carbocycles. The van der Waals surface area contributed by atoms with Crippen LogP contribution in [0.4, 0.5) is 5.13 Å². The van der Waals surface area contributed by atoms with E-state index in [2.05, 4.69) is 0 Å². The van der Waals surface area contributed by atoms with Gasteiger partial charge in [0.05, 0.1) is 24.0 Å². The summed E-state index contributed by atoms with van der Waals surface area (Å²) in [7, 11) is 0. The van der Waals surface area contributed by atoms with E-state index < -0.39 is 0 Å². The summed E-state index contributed by atoms with van der Waals surface area (Å²) >= 11 is 1.48. The predicted octanol–water partition coefficient (Wildman–Crippen LogP) is 4.59. The van der Waals surface area contributed by atoms with Gasteiger partial charge >= 0.3 is 0 Å². The van der Waals surface area contributed by atoms with Crippen LogP contribution in [0.1, 0.15) is 25.3 Å². The number of carbonyl (C=O) groups excluding carboxylic acids is 1. The molecule has 30 heavy (non-hydrogen) atoms. The molecule has 0 spiro atoms. The fourth-order valence-corrected chi connectivity index (χ4v) is 4.44. The number of anilines is 1. The number of para-hydroxylation sites is 1. The standard InChI is InChI=1S/C23H26N2O4S/c1-3-27-19-7-4-8-20-22(19)24-23(30-20)25(14-18-6-5-13-28-18)21(26)15-29-17-11-9-16(2)10-12-17/h4,7-12,18H,3,5-6,13-15H2,1-2H3. The van der Waals surface area contributed by atoms with Crippen LogP contribution in [0.2, 0.25) is 0 Å². The quantitative estimate of drug-likeness (QED) is 0.527. The number of hydrogen-bond acceptors (Lipinski definition) is 6. The van der Waals surface area contributed by atoms with Crippen LogP contribution in [0.25, 0.3) is 10.2 Å². The van der Waals surface area contributed by atoms with Crippen LogP contribution in [0, 0.1) is 6.92 Å². The third-order valence-corrected chi connectivity index (χ3v) is 6.04. The molecule has 1 unspecified atom stereocenters. The molecular weight excluding hydrogens is 400 g/mol. The zero-order valence-corrected chi connectivity index (χ0v) is 18.1. The normalized spacial score (nSPS) is 16.0. The van der Waals surface area contributed by atoms with Gasteiger partial charge in [0.25, 0.3) is 5.91 Å². The average Bonchev–Trinajstić information content (AvgIpc) is 3.41. The summed E-state index contributed by atoms with van der Waals surface area (Å²) in [6.45, 7) is 5.68. The van der Waals surface area contributed by atoms with Crippen LogP contribution in [-0.2, 0) is 9.53 Å². The smallest absolute Gasteiger partial charge is 0.266 e. The maximum absolute atomic E-state index is 13.1. The second-order valence-electron chi connectivity index (χ2n) is 7.27. The topological polar surface area (TPSA) is 60.9 Å². The fraction of sp³-hybridized carbons (Fsp3) is 0.391. The first-order valence-corrected chi connectivity index (χ1v) is 11.1. The maximum atomic E-state index is 13.1. The Labute approximate surface area is 180 Å². The van der Waals surface area contributed by atoms with Crippen LogP contribution in [0.15, 0.2) is 42.5 Å². The van der Waals surface area contributed by atoms with Gasteiger partial charge in [-0.05, 0) is 51.0 Å². The summed E-state index contributed by atoms with van der Waals surface area (Å²) in [6.07, 6.45) is 1.98. The number of fused-ring (bicyclic) bond motifs is 1. The lowest BCUT2D eigenvalue weighted by Gasteiger charge is -2.23. The molecule has 0 radical (unpaired) electrons. The number of aryl methyl sites for hydroxylation is 1. The molecule has 0 aliphatic carbocycles. The minimum Gasteiger partial charge on any atom is -0.492 e. The van der Waals surface area contributed by atoms with Gasteiger partial charge in [-0.15, -0.1) is 0 Å². The monoisotopic (exact) mass is 426 g/mol. The molecular formula is C23H26N2O4S. The summed E-state index contributed by atoms with van der Waals surface area (Å²) in [5.74, 6) is 1.27. The summed E-state index contributed by atoms with van der Waals surface area (Å²) in [6, 6.07) is 13.5. The molecule has 3 aromatic rings. The Hall–Kier alpha value is -2.64. The molecule has 1 aliphatic heterocycles. The van der Waals surface area contributed by atoms with Crippen LogP contribution in [0.5, 0.6) is 11.5 Å². The first-order chi connectivity index (χ1) is 14.6. The number of thiazole rings is 1. The molecule has 7 heteroatoms. The number of benzene rings is 2. The van der Waals surface area contributed by atoms with Crippen molar-refractivity contribution in [2.24, 2.45) is 0 Å². The zero-order valence-electron chi connectivity index (χ0n) is 17.3. The Morgan fingerprint density at radius 2 is 2.07 bits per heavy atom. The van der Waals surface area contributed by atoms with Crippen molar-refractivity contribution in [3.63, 3.8) is 0 Å². The number of nitrogens with zero attached hydrogens (tertiary/aromatic N) is 2. The predicted molar refractivity (Wildman–Crippen MR) is 119 cm³/mol. The Morgan fingerprint density at radius 3 is 2.80 bits per heavy atom. The van der Waals surface area contributed by atoms with E-state index in [1.807, 2.05) is 56.3 Å². The van der Waals surface area contributed by atoms with Gasteiger partial charge in [-0.2, -0.15) is 0 Å². The molecule has 1 fully saturated rings. The Morgan fingerprint density at radius 1 is 1.23 bits per heavy atom. The molecule has 0 saturated carbocycles. The van der Waals surface area contributed by atoms with E-state index in [1.54, 1.807) is 4.90 Å². The van der Waals surface area contributed by atoms with Crippen molar-refractivity contribution in [1.29, 1.82) is 0 Å².